The van der Waals surface area contributed by atoms with Crippen molar-refractivity contribution in [3.05, 3.63) is 18.3 Å². The third-order valence-corrected chi connectivity index (χ3v) is 3.91. The zero-order valence-electron chi connectivity index (χ0n) is 10.6. The van der Waals surface area contributed by atoms with Crippen LogP contribution in [0.5, 0.6) is 0 Å². The van der Waals surface area contributed by atoms with E-state index in [2.05, 4.69) is 22.2 Å². The summed E-state index contributed by atoms with van der Waals surface area (Å²) in [5.74, 6) is 1.23. The lowest BCUT2D eigenvalue weighted by molar-refractivity contribution is 0.278. The summed E-state index contributed by atoms with van der Waals surface area (Å²) in [5, 5.41) is 8.13. The second-order valence-electron chi connectivity index (χ2n) is 5.24. The van der Waals surface area contributed by atoms with Crippen molar-refractivity contribution in [2.75, 3.05) is 0 Å². The molecule has 1 aliphatic carbocycles. The summed E-state index contributed by atoms with van der Waals surface area (Å²) in [6.45, 7) is 2.10. The van der Waals surface area contributed by atoms with E-state index in [9.17, 15) is 0 Å². The largest absolute Gasteiger partial charge is 0.338 e. The molecular formula is C12H17N5O. The summed E-state index contributed by atoms with van der Waals surface area (Å²) in [7, 11) is 1.86. The first-order valence-electron chi connectivity index (χ1n) is 6.18. The Hall–Kier alpha value is -1.69. The Labute approximate surface area is 105 Å². The molecule has 0 bridgehead atoms. The molecule has 2 heterocycles. The summed E-state index contributed by atoms with van der Waals surface area (Å²) >= 11 is 0. The molecule has 6 heteroatoms. The molecule has 96 valence electrons. The zero-order valence-corrected chi connectivity index (χ0v) is 10.6. The number of aromatic nitrogens is 4. The minimum Gasteiger partial charge on any atom is -0.338 e. The van der Waals surface area contributed by atoms with Gasteiger partial charge in [-0.25, -0.2) is 0 Å². The zero-order chi connectivity index (χ0) is 12.8. The molecule has 0 amide bonds. The molecule has 0 spiro atoms. The van der Waals surface area contributed by atoms with Crippen molar-refractivity contribution in [1.82, 2.24) is 19.9 Å². The van der Waals surface area contributed by atoms with E-state index in [0.29, 0.717) is 11.7 Å². The van der Waals surface area contributed by atoms with Crippen LogP contribution < -0.4 is 5.73 Å². The van der Waals surface area contributed by atoms with Gasteiger partial charge in [0.1, 0.15) is 0 Å². The van der Waals surface area contributed by atoms with E-state index in [4.69, 9.17) is 10.3 Å². The van der Waals surface area contributed by atoms with Gasteiger partial charge in [-0.2, -0.15) is 10.1 Å². The third-order valence-electron chi connectivity index (χ3n) is 3.91. The van der Waals surface area contributed by atoms with Gasteiger partial charge in [0, 0.05) is 19.3 Å². The summed E-state index contributed by atoms with van der Waals surface area (Å²) in [4.78, 5) is 4.49. The molecular weight excluding hydrogens is 230 g/mol. The van der Waals surface area contributed by atoms with Crippen LogP contribution in [0.1, 0.15) is 32.1 Å². The molecule has 2 aromatic heterocycles. The maximum atomic E-state index is 6.15. The number of aryl methyl sites for hydroxylation is 1. The smallest absolute Gasteiger partial charge is 0.234 e. The van der Waals surface area contributed by atoms with E-state index in [-0.39, 0.29) is 11.5 Å². The lowest BCUT2D eigenvalue weighted by atomic mass is 9.85. The standard InChI is InChI=1S/C12H17N5O/c1-12(5-3-4-9(12)13)11-15-10(16-18-11)8-6-14-17(2)7-8/h6-7,9H,3-5,13H2,1-2H3. The van der Waals surface area contributed by atoms with Crippen LogP contribution >= 0.6 is 0 Å². The van der Waals surface area contributed by atoms with Crippen molar-refractivity contribution < 1.29 is 4.52 Å². The predicted molar refractivity (Wildman–Crippen MR) is 65.7 cm³/mol. The summed E-state index contributed by atoms with van der Waals surface area (Å²) in [5.41, 5.74) is 6.83. The number of nitrogens with zero attached hydrogens (tertiary/aromatic N) is 4. The fourth-order valence-electron chi connectivity index (χ4n) is 2.57. The average Bonchev–Trinajstić information content (AvgIpc) is 3.01. The SMILES string of the molecule is Cn1cc(-c2noc(C3(C)CCCC3N)n2)cn1. The van der Waals surface area contributed by atoms with Crippen LogP contribution in [-0.2, 0) is 12.5 Å². The molecule has 0 saturated heterocycles. The Bertz CT molecular complexity index is 560. The van der Waals surface area contributed by atoms with E-state index in [0.717, 1.165) is 24.8 Å². The van der Waals surface area contributed by atoms with Crippen LogP contribution in [-0.4, -0.2) is 26.0 Å². The van der Waals surface area contributed by atoms with Crippen LogP contribution in [0.25, 0.3) is 11.4 Å². The Morgan fingerprint density at radius 2 is 2.39 bits per heavy atom. The quantitative estimate of drug-likeness (QED) is 0.863. The molecule has 2 N–H and O–H groups in total. The second-order valence-corrected chi connectivity index (χ2v) is 5.24. The lowest BCUT2D eigenvalue weighted by Gasteiger charge is -2.23. The first kappa shape index (κ1) is 11.4. The van der Waals surface area contributed by atoms with E-state index >= 15 is 0 Å². The van der Waals surface area contributed by atoms with Crippen LogP contribution in [0, 0.1) is 0 Å². The van der Waals surface area contributed by atoms with Crippen LogP contribution in [0.2, 0.25) is 0 Å². The Morgan fingerprint density at radius 1 is 1.56 bits per heavy atom. The molecule has 0 aromatic carbocycles. The van der Waals surface area contributed by atoms with Crippen LogP contribution in [0.4, 0.5) is 0 Å². The molecule has 2 unspecified atom stereocenters. The molecule has 6 nitrogen and oxygen atoms in total. The fraction of sp³-hybridized carbons (Fsp3) is 0.583. The van der Waals surface area contributed by atoms with Gasteiger partial charge in [0.05, 0.1) is 17.2 Å². The van der Waals surface area contributed by atoms with Gasteiger partial charge in [-0.15, -0.1) is 0 Å². The fourth-order valence-corrected chi connectivity index (χ4v) is 2.57. The average molecular weight is 247 g/mol. The van der Waals surface area contributed by atoms with E-state index in [1.165, 1.54) is 0 Å². The number of nitrogens with two attached hydrogens (primary N) is 1. The molecule has 1 aliphatic rings. The minimum atomic E-state index is -0.187. The van der Waals surface area contributed by atoms with Crippen molar-refractivity contribution in [2.24, 2.45) is 12.8 Å². The summed E-state index contributed by atoms with van der Waals surface area (Å²) in [6, 6.07) is 0.0969. The number of hydrogen-bond acceptors (Lipinski definition) is 5. The Balaban J connectivity index is 1.94. The van der Waals surface area contributed by atoms with Crippen molar-refractivity contribution in [1.29, 1.82) is 0 Å². The molecule has 0 aliphatic heterocycles. The van der Waals surface area contributed by atoms with Gasteiger partial charge < -0.3 is 10.3 Å². The topological polar surface area (TPSA) is 82.8 Å². The van der Waals surface area contributed by atoms with Crippen molar-refractivity contribution in [3.8, 4) is 11.4 Å². The highest BCUT2D eigenvalue weighted by Crippen LogP contribution is 2.39. The van der Waals surface area contributed by atoms with Gasteiger partial charge in [0.25, 0.3) is 0 Å². The molecule has 18 heavy (non-hydrogen) atoms. The summed E-state index contributed by atoms with van der Waals surface area (Å²) in [6.07, 6.45) is 6.73. The Kier molecular flexibility index (Phi) is 2.48. The highest BCUT2D eigenvalue weighted by Gasteiger charge is 2.42. The Morgan fingerprint density at radius 3 is 3.00 bits per heavy atom. The maximum absolute atomic E-state index is 6.15. The van der Waals surface area contributed by atoms with E-state index in [1.54, 1.807) is 10.9 Å². The van der Waals surface area contributed by atoms with Crippen molar-refractivity contribution in [3.63, 3.8) is 0 Å². The van der Waals surface area contributed by atoms with Crippen LogP contribution in [0.15, 0.2) is 16.9 Å². The number of rotatable bonds is 2. The normalized spacial score (nSPS) is 27.8. The molecule has 2 atom stereocenters. The van der Waals surface area contributed by atoms with Gasteiger partial charge in [-0.05, 0) is 19.8 Å². The minimum absolute atomic E-state index is 0.0969. The highest BCUT2D eigenvalue weighted by atomic mass is 16.5. The highest BCUT2D eigenvalue weighted by molar-refractivity contribution is 5.51. The lowest BCUT2D eigenvalue weighted by Crippen LogP contribution is -2.38. The third kappa shape index (κ3) is 1.64. The van der Waals surface area contributed by atoms with Crippen molar-refractivity contribution >= 4 is 0 Å². The summed E-state index contributed by atoms with van der Waals surface area (Å²) < 4.78 is 7.12. The van der Waals surface area contributed by atoms with E-state index < -0.39 is 0 Å². The van der Waals surface area contributed by atoms with Crippen LogP contribution in [0.3, 0.4) is 0 Å². The van der Waals surface area contributed by atoms with Gasteiger partial charge in [-0.1, -0.05) is 11.6 Å². The van der Waals surface area contributed by atoms with Crippen molar-refractivity contribution in [2.45, 2.75) is 37.6 Å². The first-order valence-corrected chi connectivity index (χ1v) is 6.18. The maximum Gasteiger partial charge on any atom is 0.234 e. The van der Waals surface area contributed by atoms with Gasteiger partial charge in [0.2, 0.25) is 11.7 Å². The van der Waals surface area contributed by atoms with Gasteiger partial charge in [-0.3, -0.25) is 4.68 Å². The molecule has 1 fully saturated rings. The first-order chi connectivity index (χ1) is 8.59. The van der Waals surface area contributed by atoms with E-state index in [1.807, 2.05) is 13.2 Å². The molecule has 0 radical (unpaired) electrons. The molecule has 3 rings (SSSR count). The molecule has 2 aromatic rings. The number of hydrogen-bond donors (Lipinski definition) is 1. The van der Waals surface area contributed by atoms with Gasteiger partial charge in [0.15, 0.2) is 0 Å². The second kappa shape index (κ2) is 3.91. The van der Waals surface area contributed by atoms with Gasteiger partial charge >= 0.3 is 0 Å². The molecule has 1 saturated carbocycles. The monoisotopic (exact) mass is 247 g/mol. The predicted octanol–water partition coefficient (Wildman–Crippen LogP) is 1.24.